The SMILES string of the molecule is CC(C)(O)c1ccccc1CCC(SCC1(COS(C)(=O)=O)CC1)c1cccc(/C=C/c2ccc3ccc(Cl)cc3n2)c1. The standard InChI is InChI=1S/C35H38ClNO4S2/c1-34(2,38)31-10-5-4-8-26(31)14-18-33(42-24-35(19-20-35)23-41-43(3,39)40)28-9-6-7-25(21-28)11-16-30-17-13-27-12-15-29(36)22-32(27)37-30/h4-13,15-17,21-22,33,38H,14,18-20,23-24H2,1-3H3/b16-11+. The van der Waals surface area contributed by atoms with E-state index in [1.807, 2.05) is 80.2 Å². The Morgan fingerprint density at radius 1 is 1.05 bits per heavy atom. The number of fused-ring (bicyclic) bond motifs is 1. The normalized spacial score (nSPS) is 15.7. The zero-order chi connectivity index (χ0) is 30.7. The first-order valence-electron chi connectivity index (χ1n) is 14.5. The van der Waals surface area contributed by atoms with Gasteiger partial charge >= 0.3 is 0 Å². The van der Waals surface area contributed by atoms with Crippen LogP contribution < -0.4 is 0 Å². The van der Waals surface area contributed by atoms with Crippen LogP contribution in [0.3, 0.4) is 0 Å². The Morgan fingerprint density at radius 3 is 2.56 bits per heavy atom. The number of halogens is 1. The molecule has 1 aromatic heterocycles. The molecule has 0 spiro atoms. The molecule has 5 nitrogen and oxygen atoms in total. The smallest absolute Gasteiger partial charge is 0.264 e. The minimum Gasteiger partial charge on any atom is -0.386 e. The average molecular weight is 636 g/mol. The van der Waals surface area contributed by atoms with Gasteiger partial charge < -0.3 is 5.11 Å². The van der Waals surface area contributed by atoms with Crippen molar-refractivity contribution in [2.24, 2.45) is 5.41 Å². The highest BCUT2D eigenvalue weighted by Gasteiger charge is 2.44. The lowest BCUT2D eigenvalue weighted by Gasteiger charge is -2.24. The minimum atomic E-state index is -3.47. The molecule has 5 rings (SSSR count). The summed E-state index contributed by atoms with van der Waals surface area (Å²) >= 11 is 8.04. The lowest BCUT2D eigenvalue weighted by Crippen LogP contribution is -2.18. The first-order chi connectivity index (χ1) is 20.4. The molecule has 1 fully saturated rings. The topological polar surface area (TPSA) is 76.5 Å². The fourth-order valence-corrected chi connectivity index (χ4v) is 7.41. The summed E-state index contributed by atoms with van der Waals surface area (Å²) in [4.78, 5) is 4.75. The van der Waals surface area contributed by atoms with E-state index >= 15 is 0 Å². The van der Waals surface area contributed by atoms with Gasteiger partial charge in [0.05, 0.1) is 29.7 Å². The molecule has 0 bridgehead atoms. The van der Waals surface area contributed by atoms with Crippen molar-refractivity contribution in [2.45, 2.75) is 50.4 Å². The molecule has 0 radical (unpaired) electrons. The maximum atomic E-state index is 11.7. The summed E-state index contributed by atoms with van der Waals surface area (Å²) in [5.74, 6) is 0.823. The van der Waals surface area contributed by atoms with E-state index in [9.17, 15) is 13.5 Å². The lowest BCUT2D eigenvalue weighted by atomic mass is 9.90. The fourth-order valence-electron chi connectivity index (χ4n) is 5.23. The largest absolute Gasteiger partial charge is 0.386 e. The van der Waals surface area contributed by atoms with Gasteiger partial charge in [0.25, 0.3) is 10.1 Å². The third-order valence-electron chi connectivity index (χ3n) is 7.88. The molecule has 1 N–H and O–H groups in total. The van der Waals surface area contributed by atoms with Gasteiger partial charge in [0.15, 0.2) is 0 Å². The number of hydrogen-bond donors (Lipinski definition) is 1. The van der Waals surface area contributed by atoms with Crippen LogP contribution in [0.4, 0.5) is 0 Å². The van der Waals surface area contributed by atoms with Crippen LogP contribution in [0.15, 0.2) is 78.9 Å². The molecule has 1 saturated carbocycles. The van der Waals surface area contributed by atoms with Gasteiger partial charge in [0.2, 0.25) is 0 Å². The number of hydrogen-bond acceptors (Lipinski definition) is 6. The molecule has 1 aliphatic rings. The van der Waals surface area contributed by atoms with Crippen LogP contribution in [0.5, 0.6) is 0 Å². The van der Waals surface area contributed by atoms with Crippen molar-refractivity contribution in [2.75, 3.05) is 18.6 Å². The second-order valence-corrected chi connectivity index (χ2v) is 15.4. The molecule has 8 heteroatoms. The van der Waals surface area contributed by atoms with E-state index in [1.54, 1.807) is 0 Å². The highest BCUT2D eigenvalue weighted by Crippen LogP contribution is 2.51. The van der Waals surface area contributed by atoms with Gasteiger partial charge in [-0.2, -0.15) is 20.2 Å². The highest BCUT2D eigenvalue weighted by molar-refractivity contribution is 7.99. The number of aliphatic hydroxyl groups is 1. The Kier molecular flexibility index (Phi) is 9.69. The lowest BCUT2D eigenvalue weighted by molar-refractivity contribution is 0.0776. The van der Waals surface area contributed by atoms with Crippen LogP contribution in [0.1, 0.15) is 66.3 Å². The van der Waals surface area contributed by atoms with Crippen molar-refractivity contribution in [3.8, 4) is 0 Å². The Hall–Kier alpha value is -2.68. The molecule has 1 aliphatic carbocycles. The summed E-state index contributed by atoms with van der Waals surface area (Å²) in [5, 5.41) is 12.7. The molecule has 1 heterocycles. The van der Waals surface area contributed by atoms with Crippen LogP contribution in [0.25, 0.3) is 23.1 Å². The molecule has 0 aliphatic heterocycles. The molecule has 226 valence electrons. The van der Waals surface area contributed by atoms with Gasteiger partial charge in [0.1, 0.15) is 0 Å². The van der Waals surface area contributed by atoms with Crippen molar-refractivity contribution in [1.29, 1.82) is 0 Å². The van der Waals surface area contributed by atoms with Crippen LogP contribution >= 0.6 is 23.4 Å². The third-order valence-corrected chi connectivity index (χ3v) is 10.4. The Labute approximate surface area is 264 Å². The van der Waals surface area contributed by atoms with E-state index in [4.69, 9.17) is 20.8 Å². The summed E-state index contributed by atoms with van der Waals surface area (Å²) in [6, 6.07) is 26.4. The summed E-state index contributed by atoms with van der Waals surface area (Å²) in [5.41, 5.74) is 5.07. The Balaban J connectivity index is 1.37. The summed E-state index contributed by atoms with van der Waals surface area (Å²) in [6.45, 7) is 3.89. The quantitative estimate of drug-likeness (QED) is 0.149. The van der Waals surface area contributed by atoms with E-state index in [2.05, 4.69) is 36.4 Å². The van der Waals surface area contributed by atoms with E-state index in [1.165, 1.54) is 5.56 Å². The average Bonchev–Trinajstić information content (AvgIpc) is 3.74. The van der Waals surface area contributed by atoms with Crippen LogP contribution in [-0.2, 0) is 26.3 Å². The van der Waals surface area contributed by atoms with Crippen LogP contribution in [0.2, 0.25) is 5.02 Å². The molecule has 0 saturated heterocycles. The number of aryl methyl sites for hydroxylation is 1. The first kappa shape index (κ1) is 31.7. The van der Waals surface area contributed by atoms with Crippen molar-refractivity contribution >= 4 is 56.5 Å². The van der Waals surface area contributed by atoms with Gasteiger partial charge in [-0.05, 0) is 86.1 Å². The second kappa shape index (κ2) is 13.1. The van der Waals surface area contributed by atoms with Gasteiger partial charge in [-0.25, -0.2) is 4.98 Å². The zero-order valence-corrected chi connectivity index (χ0v) is 27.2. The summed E-state index contributed by atoms with van der Waals surface area (Å²) in [7, 11) is -3.47. The Morgan fingerprint density at radius 2 is 1.81 bits per heavy atom. The second-order valence-electron chi connectivity index (χ2n) is 12.1. The number of aromatic nitrogens is 1. The van der Waals surface area contributed by atoms with Gasteiger partial charge in [-0.15, -0.1) is 0 Å². The monoisotopic (exact) mass is 635 g/mol. The number of pyridine rings is 1. The molecule has 3 aromatic carbocycles. The molecule has 4 aromatic rings. The Bertz CT molecular complexity index is 1730. The summed E-state index contributed by atoms with van der Waals surface area (Å²) in [6.07, 6.45) is 8.84. The van der Waals surface area contributed by atoms with Crippen molar-refractivity contribution < 1.29 is 17.7 Å². The zero-order valence-electron chi connectivity index (χ0n) is 24.8. The van der Waals surface area contributed by atoms with Gasteiger partial charge in [-0.1, -0.05) is 78.3 Å². The van der Waals surface area contributed by atoms with E-state index in [0.717, 1.165) is 71.0 Å². The molecular formula is C35H38ClNO4S2. The predicted molar refractivity (Wildman–Crippen MR) is 180 cm³/mol. The van der Waals surface area contributed by atoms with Crippen LogP contribution in [0, 0.1) is 5.41 Å². The molecule has 1 atom stereocenters. The molecule has 43 heavy (non-hydrogen) atoms. The predicted octanol–water partition coefficient (Wildman–Crippen LogP) is 8.45. The third kappa shape index (κ3) is 8.93. The van der Waals surface area contributed by atoms with Gasteiger partial charge in [0, 0.05) is 26.8 Å². The minimum absolute atomic E-state index is 0.0981. The number of benzene rings is 3. The van der Waals surface area contributed by atoms with E-state index < -0.39 is 15.7 Å². The van der Waals surface area contributed by atoms with E-state index in [-0.39, 0.29) is 17.3 Å². The van der Waals surface area contributed by atoms with Crippen molar-refractivity contribution in [1.82, 2.24) is 4.98 Å². The maximum absolute atomic E-state index is 11.7. The first-order valence-corrected chi connectivity index (χ1v) is 17.7. The summed E-state index contributed by atoms with van der Waals surface area (Å²) < 4.78 is 28.5. The van der Waals surface area contributed by atoms with Crippen molar-refractivity contribution in [3.05, 3.63) is 112 Å². The number of nitrogens with zero attached hydrogens (tertiary/aromatic N) is 1. The van der Waals surface area contributed by atoms with Gasteiger partial charge in [-0.3, -0.25) is 4.18 Å². The van der Waals surface area contributed by atoms with Crippen LogP contribution in [-0.4, -0.2) is 37.1 Å². The molecule has 0 amide bonds. The number of thioether (sulfide) groups is 1. The maximum Gasteiger partial charge on any atom is 0.264 e. The molecule has 1 unspecified atom stereocenters. The fraction of sp³-hybridized carbons (Fsp3) is 0.343. The van der Waals surface area contributed by atoms with E-state index in [0.29, 0.717) is 5.02 Å². The highest BCUT2D eigenvalue weighted by atomic mass is 35.5. The number of rotatable bonds is 13. The van der Waals surface area contributed by atoms with Crippen molar-refractivity contribution in [3.63, 3.8) is 0 Å². The molecular weight excluding hydrogens is 598 g/mol.